The molecule has 1 heterocycles. The van der Waals surface area contributed by atoms with Crippen molar-refractivity contribution in [2.45, 2.75) is 18.2 Å². The fourth-order valence-electron chi connectivity index (χ4n) is 3.43. The first kappa shape index (κ1) is 23.4. The third kappa shape index (κ3) is 5.60. The molecule has 3 aromatic rings. The number of sulfonamides is 1. The summed E-state index contributed by atoms with van der Waals surface area (Å²) in [7, 11) is -3.86. The highest BCUT2D eigenvalue weighted by molar-refractivity contribution is 7.92. The van der Waals surface area contributed by atoms with Crippen LogP contribution in [0.15, 0.2) is 78.9 Å². The van der Waals surface area contributed by atoms with Crippen molar-refractivity contribution in [3.8, 4) is 11.5 Å². The molecule has 0 aromatic heterocycles. The van der Waals surface area contributed by atoms with Gasteiger partial charge in [-0.15, -0.1) is 13.2 Å². The van der Waals surface area contributed by atoms with E-state index in [1.807, 2.05) is 0 Å². The van der Waals surface area contributed by atoms with E-state index in [2.05, 4.69) is 10.1 Å². The molecule has 0 fully saturated rings. The Morgan fingerprint density at radius 2 is 1.65 bits per heavy atom. The zero-order chi connectivity index (χ0) is 24.3. The lowest BCUT2D eigenvalue weighted by Gasteiger charge is -2.34. The molecule has 0 bridgehead atoms. The topological polar surface area (TPSA) is 84.9 Å². The molecule has 178 valence electrons. The Morgan fingerprint density at radius 1 is 1.00 bits per heavy atom. The number of nitrogens with zero attached hydrogens (tertiary/aromatic N) is 1. The van der Waals surface area contributed by atoms with Crippen LogP contribution in [-0.2, 0) is 20.6 Å². The highest BCUT2D eigenvalue weighted by atomic mass is 32.2. The average Bonchev–Trinajstić information content (AvgIpc) is 2.79. The molecule has 0 spiro atoms. The molecule has 0 radical (unpaired) electrons. The van der Waals surface area contributed by atoms with Gasteiger partial charge in [-0.3, -0.25) is 9.10 Å². The van der Waals surface area contributed by atoms with Gasteiger partial charge in [0, 0.05) is 5.69 Å². The van der Waals surface area contributed by atoms with E-state index in [1.54, 1.807) is 54.6 Å². The number of nitrogens with one attached hydrogen (secondary N) is 1. The van der Waals surface area contributed by atoms with Crippen molar-refractivity contribution in [3.05, 3.63) is 84.4 Å². The first-order chi connectivity index (χ1) is 16.1. The Balaban J connectivity index is 1.53. The van der Waals surface area contributed by atoms with Gasteiger partial charge in [0.15, 0.2) is 6.10 Å². The number of hydrogen-bond acceptors (Lipinski definition) is 5. The smallest absolute Gasteiger partial charge is 0.476 e. The van der Waals surface area contributed by atoms with Gasteiger partial charge in [-0.2, -0.15) is 0 Å². The fraction of sp³-hybridized carbons (Fsp3) is 0.174. The van der Waals surface area contributed by atoms with Gasteiger partial charge in [0.1, 0.15) is 11.5 Å². The number of anilines is 2. The van der Waals surface area contributed by atoms with Crippen LogP contribution in [-0.4, -0.2) is 33.3 Å². The van der Waals surface area contributed by atoms with E-state index in [0.29, 0.717) is 11.3 Å². The quantitative estimate of drug-likeness (QED) is 0.554. The molecule has 0 unspecified atom stereocenters. The van der Waals surface area contributed by atoms with E-state index in [4.69, 9.17) is 4.74 Å². The second kappa shape index (κ2) is 9.26. The summed E-state index contributed by atoms with van der Waals surface area (Å²) in [6, 6.07) is 19.7. The summed E-state index contributed by atoms with van der Waals surface area (Å²) < 4.78 is 74.1. The molecule has 1 N–H and O–H groups in total. The van der Waals surface area contributed by atoms with Gasteiger partial charge in [0.05, 0.1) is 18.0 Å². The number of para-hydroxylation sites is 2. The third-order valence-electron chi connectivity index (χ3n) is 4.91. The number of hydrogen-bond donors (Lipinski definition) is 1. The summed E-state index contributed by atoms with van der Waals surface area (Å²) in [5.41, 5.74) is 1.10. The van der Waals surface area contributed by atoms with Gasteiger partial charge in [0.2, 0.25) is 10.0 Å². The van der Waals surface area contributed by atoms with Crippen molar-refractivity contribution in [2.75, 3.05) is 16.2 Å². The minimum atomic E-state index is -4.83. The summed E-state index contributed by atoms with van der Waals surface area (Å²) in [4.78, 5) is 12.9. The second-order valence-electron chi connectivity index (χ2n) is 7.41. The van der Waals surface area contributed by atoms with Gasteiger partial charge in [-0.05, 0) is 42.0 Å². The average molecular weight is 492 g/mol. The third-order valence-corrected chi connectivity index (χ3v) is 6.63. The monoisotopic (exact) mass is 492 g/mol. The van der Waals surface area contributed by atoms with Gasteiger partial charge >= 0.3 is 6.36 Å². The van der Waals surface area contributed by atoms with Crippen LogP contribution in [0, 0.1) is 0 Å². The van der Waals surface area contributed by atoms with Crippen LogP contribution in [0.5, 0.6) is 11.5 Å². The van der Waals surface area contributed by atoms with E-state index >= 15 is 0 Å². The van der Waals surface area contributed by atoms with Crippen LogP contribution < -0.4 is 19.1 Å². The second-order valence-corrected chi connectivity index (χ2v) is 9.30. The Hall–Kier alpha value is -3.73. The van der Waals surface area contributed by atoms with E-state index in [1.165, 1.54) is 12.1 Å². The molecule has 1 aliphatic rings. The number of benzene rings is 3. The van der Waals surface area contributed by atoms with Crippen molar-refractivity contribution in [2.24, 2.45) is 0 Å². The van der Waals surface area contributed by atoms with Crippen LogP contribution in [0.2, 0.25) is 0 Å². The number of fused-ring (bicyclic) bond motifs is 1. The molecule has 3 aromatic carbocycles. The van der Waals surface area contributed by atoms with Gasteiger partial charge in [-0.1, -0.05) is 42.5 Å². The minimum Gasteiger partial charge on any atom is -0.476 e. The van der Waals surface area contributed by atoms with Crippen LogP contribution in [0.25, 0.3) is 0 Å². The molecule has 1 atom stereocenters. The summed E-state index contributed by atoms with van der Waals surface area (Å²) in [6.45, 7) is -0.271. The molecule has 11 heteroatoms. The Morgan fingerprint density at radius 3 is 2.32 bits per heavy atom. The lowest BCUT2D eigenvalue weighted by molar-refractivity contribution is -0.274. The molecule has 0 saturated carbocycles. The number of rotatable bonds is 6. The number of alkyl halides is 3. The Labute approximate surface area is 193 Å². The Bertz CT molecular complexity index is 1270. The van der Waals surface area contributed by atoms with Crippen molar-refractivity contribution in [3.63, 3.8) is 0 Å². The standard InChI is InChI=1S/C23H19F3N2O5S/c24-23(25,26)33-18-12-10-17(11-13-18)27-22(29)21-14-28(19-8-4-5-9-20(19)32-21)34(30,31)15-16-6-2-1-3-7-16/h1-13,21H,14-15H2,(H,27,29)/t21-/m0/s1. The molecule has 1 amide bonds. The maximum absolute atomic E-state index is 13.2. The van der Waals surface area contributed by atoms with E-state index in [9.17, 15) is 26.4 Å². The number of amides is 1. The largest absolute Gasteiger partial charge is 0.573 e. The van der Waals surface area contributed by atoms with E-state index in [-0.39, 0.29) is 23.7 Å². The maximum Gasteiger partial charge on any atom is 0.573 e. The van der Waals surface area contributed by atoms with Gasteiger partial charge < -0.3 is 14.8 Å². The zero-order valence-corrected chi connectivity index (χ0v) is 18.3. The summed E-state index contributed by atoms with van der Waals surface area (Å²) in [6.07, 6.45) is -6.02. The molecule has 4 rings (SSSR count). The van der Waals surface area contributed by atoms with Gasteiger partial charge in [-0.25, -0.2) is 8.42 Å². The summed E-state index contributed by atoms with van der Waals surface area (Å²) in [5.74, 6) is -1.14. The molecule has 0 saturated heterocycles. The van der Waals surface area contributed by atoms with Crippen molar-refractivity contribution in [1.82, 2.24) is 0 Å². The predicted octanol–water partition coefficient (Wildman–Crippen LogP) is 4.32. The first-order valence-electron chi connectivity index (χ1n) is 10.1. The number of carbonyl (C=O) groups excluding carboxylic acids is 1. The van der Waals surface area contributed by atoms with Gasteiger partial charge in [0.25, 0.3) is 5.91 Å². The first-order valence-corrected chi connectivity index (χ1v) is 11.7. The van der Waals surface area contributed by atoms with Crippen LogP contribution in [0.4, 0.5) is 24.5 Å². The summed E-state index contributed by atoms with van der Waals surface area (Å²) >= 11 is 0. The van der Waals surface area contributed by atoms with Crippen LogP contribution in [0.3, 0.4) is 0 Å². The predicted molar refractivity (Wildman–Crippen MR) is 119 cm³/mol. The highest BCUT2D eigenvalue weighted by Crippen LogP contribution is 2.36. The molecule has 34 heavy (non-hydrogen) atoms. The summed E-state index contributed by atoms with van der Waals surface area (Å²) in [5, 5.41) is 2.53. The van der Waals surface area contributed by atoms with Crippen molar-refractivity contribution < 1.29 is 35.9 Å². The van der Waals surface area contributed by atoms with E-state index in [0.717, 1.165) is 16.4 Å². The molecule has 0 aliphatic carbocycles. The normalized spacial score (nSPS) is 15.7. The molecular weight excluding hydrogens is 473 g/mol. The molecular formula is C23H19F3N2O5S. The lowest BCUT2D eigenvalue weighted by Crippen LogP contribution is -2.49. The highest BCUT2D eigenvalue weighted by Gasteiger charge is 2.37. The van der Waals surface area contributed by atoms with Crippen LogP contribution >= 0.6 is 0 Å². The molecule has 7 nitrogen and oxygen atoms in total. The van der Waals surface area contributed by atoms with Crippen LogP contribution in [0.1, 0.15) is 5.56 Å². The number of halogens is 3. The minimum absolute atomic E-state index is 0.195. The fourth-order valence-corrected chi connectivity index (χ4v) is 5.01. The zero-order valence-electron chi connectivity index (χ0n) is 17.5. The van der Waals surface area contributed by atoms with E-state index < -0.39 is 34.1 Å². The van der Waals surface area contributed by atoms with Crippen molar-refractivity contribution >= 4 is 27.3 Å². The lowest BCUT2D eigenvalue weighted by atomic mass is 10.2. The number of carbonyl (C=O) groups is 1. The molecule has 1 aliphatic heterocycles. The SMILES string of the molecule is O=C(Nc1ccc(OC(F)(F)F)cc1)[C@@H]1CN(S(=O)(=O)Cc2ccccc2)c2ccccc2O1. The van der Waals surface area contributed by atoms with Crippen molar-refractivity contribution in [1.29, 1.82) is 0 Å². The number of ether oxygens (including phenoxy) is 2. The maximum atomic E-state index is 13.2. The Kier molecular flexibility index (Phi) is 6.38.